The average molecular weight is 257 g/mol. The SMILES string of the molecule is C/C(=N/NC(=O)c1cc(C)oc1C)c1cccnc1. The van der Waals surface area contributed by atoms with Crippen LogP contribution in [0.25, 0.3) is 0 Å². The lowest BCUT2D eigenvalue weighted by atomic mass is 10.2. The van der Waals surface area contributed by atoms with E-state index in [1.165, 1.54) is 0 Å². The molecule has 0 saturated heterocycles. The number of hydrazone groups is 1. The van der Waals surface area contributed by atoms with Crippen molar-refractivity contribution in [1.82, 2.24) is 10.4 Å². The van der Waals surface area contributed by atoms with Crippen molar-refractivity contribution in [1.29, 1.82) is 0 Å². The zero-order chi connectivity index (χ0) is 13.8. The van der Waals surface area contributed by atoms with Gasteiger partial charge >= 0.3 is 0 Å². The van der Waals surface area contributed by atoms with Gasteiger partial charge in [0.1, 0.15) is 11.5 Å². The van der Waals surface area contributed by atoms with Crippen molar-refractivity contribution in [3.8, 4) is 0 Å². The monoisotopic (exact) mass is 257 g/mol. The van der Waals surface area contributed by atoms with Gasteiger partial charge in [-0.3, -0.25) is 9.78 Å². The van der Waals surface area contributed by atoms with Crippen LogP contribution in [0.1, 0.15) is 34.4 Å². The Morgan fingerprint density at radius 3 is 2.79 bits per heavy atom. The zero-order valence-corrected chi connectivity index (χ0v) is 11.1. The highest BCUT2D eigenvalue weighted by Gasteiger charge is 2.12. The number of nitrogens with one attached hydrogen (secondary N) is 1. The number of carbonyl (C=O) groups excluding carboxylic acids is 1. The van der Waals surface area contributed by atoms with E-state index < -0.39 is 0 Å². The summed E-state index contributed by atoms with van der Waals surface area (Å²) in [6.45, 7) is 5.36. The lowest BCUT2D eigenvalue weighted by Gasteiger charge is -2.01. The van der Waals surface area contributed by atoms with Crippen LogP contribution in [0, 0.1) is 13.8 Å². The second-order valence-electron chi connectivity index (χ2n) is 4.21. The highest BCUT2D eigenvalue weighted by Crippen LogP contribution is 2.13. The molecule has 5 nitrogen and oxygen atoms in total. The van der Waals surface area contributed by atoms with Gasteiger partial charge in [0.2, 0.25) is 0 Å². The molecule has 0 fully saturated rings. The third-order valence-corrected chi connectivity index (χ3v) is 2.69. The first-order valence-corrected chi connectivity index (χ1v) is 5.90. The summed E-state index contributed by atoms with van der Waals surface area (Å²) >= 11 is 0. The molecule has 0 spiro atoms. The van der Waals surface area contributed by atoms with Crippen LogP contribution in [0.3, 0.4) is 0 Å². The van der Waals surface area contributed by atoms with Crippen molar-refractivity contribution in [2.24, 2.45) is 5.10 Å². The Morgan fingerprint density at radius 1 is 1.42 bits per heavy atom. The maximum absolute atomic E-state index is 11.9. The molecule has 2 heterocycles. The molecule has 19 heavy (non-hydrogen) atoms. The molecular formula is C14H15N3O2. The van der Waals surface area contributed by atoms with E-state index in [-0.39, 0.29) is 5.91 Å². The summed E-state index contributed by atoms with van der Waals surface area (Å²) in [4.78, 5) is 15.9. The Morgan fingerprint density at radius 2 is 2.21 bits per heavy atom. The van der Waals surface area contributed by atoms with E-state index >= 15 is 0 Å². The minimum Gasteiger partial charge on any atom is -0.466 e. The Bertz CT molecular complexity index is 615. The number of hydrogen-bond donors (Lipinski definition) is 1. The molecule has 0 aliphatic carbocycles. The Labute approximate surface area is 111 Å². The lowest BCUT2D eigenvalue weighted by Crippen LogP contribution is -2.19. The number of nitrogens with zero attached hydrogens (tertiary/aromatic N) is 2. The highest BCUT2D eigenvalue weighted by atomic mass is 16.3. The Balaban J connectivity index is 2.10. The first kappa shape index (κ1) is 13.0. The fourth-order valence-electron chi connectivity index (χ4n) is 1.69. The van der Waals surface area contributed by atoms with Gasteiger partial charge in [0.25, 0.3) is 5.91 Å². The predicted octanol–water partition coefficient (Wildman–Crippen LogP) is 2.45. The number of hydrogen-bond acceptors (Lipinski definition) is 4. The number of furan rings is 1. The number of carbonyl (C=O) groups is 1. The Hall–Kier alpha value is -2.43. The molecule has 1 N–H and O–H groups in total. The lowest BCUT2D eigenvalue weighted by molar-refractivity contribution is 0.0953. The van der Waals surface area contributed by atoms with E-state index in [0.29, 0.717) is 22.8 Å². The summed E-state index contributed by atoms with van der Waals surface area (Å²) in [5.41, 5.74) is 4.57. The first-order chi connectivity index (χ1) is 9.08. The van der Waals surface area contributed by atoms with Crippen LogP contribution < -0.4 is 5.43 Å². The van der Waals surface area contributed by atoms with Crippen LogP contribution >= 0.6 is 0 Å². The summed E-state index contributed by atoms with van der Waals surface area (Å²) in [5.74, 6) is 1.01. The van der Waals surface area contributed by atoms with E-state index in [0.717, 1.165) is 5.56 Å². The first-order valence-electron chi connectivity index (χ1n) is 5.90. The van der Waals surface area contributed by atoms with Gasteiger partial charge in [-0.1, -0.05) is 6.07 Å². The Kier molecular flexibility index (Phi) is 3.75. The van der Waals surface area contributed by atoms with Crippen molar-refractivity contribution >= 4 is 11.6 Å². The van der Waals surface area contributed by atoms with Gasteiger partial charge in [0, 0.05) is 18.0 Å². The smallest absolute Gasteiger partial charge is 0.274 e. The number of pyridine rings is 1. The summed E-state index contributed by atoms with van der Waals surface area (Å²) in [5, 5.41) is 4.06. The second-order valence-corrected chi connectivity index (χ2v) is 4.21. The van der Waals surface area contributed by atoms with E-state index in [9.17, 15) is 4.79 Å². The summed E-state index contributed by atoms with van der Waals surface area (Å²) < 4.78 is 5.31. The van der Waals surface area contributed by atoms with Crippen LogP contribution in [0.4, 0.5) is 0 Å². The summed E-state index contributed by atoms with van der Waals surface area (Å²) in [7, 11) is 0. The normalized spacial score (nSPS) is 11.4. The molecule has 0 saturated carbocycles. The molecule has 0 unspecified atom stereocenters. The van der Waals surface area contributed by atoms with Gasteiger partial charge < -0.3 is 4.42 Å². The number of rotatable bonds is 3. The molecule has 0 bridgehead atoms. The van der Waals surface area contributed by atoms with Crippen LogP contribution in [-0.4, -0.2) is 16.6 Å². The van der Waals surface area contributed by atoms with Crippen molar-refractivity contribution in [3.63, 3.8) is 0 Å². The average Bonchev–Trinajstić information content (AvgIpc) is 2.75. The summed E-state index contributed by atoms with van der Waals surface area (Å²) in [6.07, 6.45) is 3.38. The number of aromatic nitrogens is 1. The molecular weight excluding hydrogens is 242 g/mol. The third kappa shape index (κ3) is 3.07. The minimum atomic E-state index is -0.280. The molecule has 0 radical (unpaired) electrons. The molecule has 0 aromatic carbocycles. The van der Waals surface area contributed by atoms with Crippen LogP contribution in [0.5, 0.6) is 0 Å². The van der Waals surface area contributed by atoms with Crippen LogP contribution in [0.15, 0.2) is 40.1 Å². The van der Waals surface area contributed by atoms with Crippen LogP contribution in [-0.2, 0) is 0 Å². The molecule has 1 amide bonds. The third-order valence-electron chi connectivity index (χ3n) is 2.69. The van der Waals surface area contributed by atoms with Crippen molar-refractivity contribution in [2.75, 3.05) is 0 Å². The van der Waals surface area contributed by atoms with E-state index in [4.69, 9.17) is 4.42 Å². The van der Waals surface area contributed by atoms with Gasteiger partial charge in [-0.05, 0) is 32.9 Å². The van der Waals surface area contributed by atoms with E-state index in [1.54, 1.807) is 32.3 Å². The molecule has 2 aromatic heterocycles. The van der Waals surface area contributed by atoms with Crippen molar-refractivity contribution in [3.05, 3.63) is 53.2 Å². The summed E-state index contributed by atoms with van der Waals surface area (Å²) in [6, 6.07) is 5.39. The van der Waals surface area contributed by atoms with Gasteiger partial charge in [-0.15, -0.1) is 0 Å². The van der Waals surface area contributed by atoms with Gasteiger partial charge in [0.05, 0.1) is 11.3 Å². The van der Waals surface area contributed by atoms with Crippen molar-refractivity contribution in [2.45, 2.75) is 20.8 Å². The number of amides is 1. The molecule has 98 valence electrons. The van der Waals surface area contributed by atoms with Gasteiger partial charge in [0.15, 0.2) is 0 Å². The molecule has 2 rings (SSSR count). The number of aryl methyl sites for hydroxylation is 2. The predicted molar refractivity (Wildman–Crippen MR) is 72.1 cm³/mol. The zero-order valence-electron chi connectivity index (χ0n) is 11.1. The fourth-order valence-corrected chi connectivity index (χ4v) is 1.69. The van der Waals surface area contributed by atoms with Gasteiger partial charge in [-0.25, -0.2) is 5.43 Å². The maximum Gasteiger partial charge on any atom is 0.274 e. The van der Waals surface area contributed by atoms with Crippen LogP contribution in [0.2, 0.25) is 0 Å². The van der Waals surface area contributed by atoms with Crippen molar-refractivity contribution < 1.29 is 9.21 Å². The quantitative estimate of drug-likeness (QED) is 0.678. The standard InChI is InChI=1S/C14H15N3O2/c1-9-7-13(11(3)19-9)14(18)17-16-10(2)12-5-4-6-15-8-12/h4-8H,1-3H3,(H,17,18)/b16-10-. The largest absolute Gasteiger partial charge is 0.466 e. The molecule has 2 aromatic rings. The molecule has 0 aliphatic rings. The second kappa shape index (κ2) is 5.48. The molecule has 0 aliphatic heterocycles. The van der Waals surface area contributed by atoms with E-state index in [2.05, 4.69) is 15.5 Å². The molecule has 0 atom stereocenters. The topological polar surface area (TPSA) is 67.5 Å². The molecule has 5 heteroatoms. The minimum absolute atomic E-state index is 0.280. The van der Waals surface area contributed by atoms with E-state index in [1.807, 2.05) is 19.1 Å². The fraction of sp³-hybridized carbons (Fsp3) is 0.214. The highest BCUT2D eigenvalue weighted by molar-refractivity contribution is 6.00. The van der Waals surface area contributed by atoms with Gasteiger partial charge in [-0.2, -0.15) is 5.10 Å². The maximum atomic E-state index is 11.9.